The Labute approximate surface area is 223 Å². The van der Waals surface area contributed by atoms with E-state index in [2.05, 4.69) is 60.4 Å². The van der Waals surface area contributed by atoms with Gasteiger partial charge >= 0.3 is 0 Å². The number of hydrogen-bond acceptors (Lipinski definition) is 5. The molecule has 0 saturated carbocycles. The molecular formula is C29H32ClN3O2S. The molecule has 1 aliphatic heterocycles. The molecule has 1 aromatic heterocycles. The topological polar surface area (TPSA) is 45.7 Å². The fourth-order valence-electron chi connectivity index (χ4n) is 4.45. The molecule has 5 nitrogen and oxygen atoms in total. The summed E-state index contributed by atoms with van der Waals surface area (Å²) in [6.07, 6.45) is 1.75. The number of carbonyl (C=O) groups is 1. The summed E-state index contributed by atoms with van der Waals surface area (Å²) in [4.78, 5) is 22.8. The summed E-state index contributed by atoms with van der Waals surface area (Å²) in [6.45, 7) is 7.16. The number of thiazole rings is 1. The SMILES string of the molecule is Cc1ccc2nc(N(CCCN3CCOCC3)C(=O)c3ccc(Cc4ccccc4)cc3)sc2c1.Cl. The van der Waals surface area contributed by atoms with Crippen molar-refractivity contribution in [1.29, 1.82) is 0 Å². The van der Waals surface area contributed by atoms with Crippen LogP contribution < -0.4 is 4.90 Å². The van der Waals surface area contributed by atoms with Crippen molar-refractivity contribution in [3.8, 4) is 0 Å². The van der Waals surface area contributed by atoms with Crippen molar-refractivity contribution < 1.29 is 9.53 Å². The highest BCUT2D eigenvalue weighted by atomic mass is 35.5. The van der Waals surface area contributed by atoms with Crippen molar-refractivity contribution in [3.05, 3.63) is 95.1 Å². The van der Waals surface area contributed by atoms with Gasteiger partial charge in [0.25, 0.3) is 5.91 Å². The molecule has 2 heterocycles. The van der Waals surface area contributed by atoms with Gasteiger partial charge in [0.15, 0.2) is 5.13 Å². The summed E-state index contributed by atoms with van der Waals surface area (Å²) in [5.41, 5.74) is 5.30. The average molecular weight is 522 g/mol. The number of nitrogens with zero attached hydrogens (tertiary/aromatic N) is 3. The van der Waals surface area contributed by atoms with Crippen molar-refractivity contribution in [3.63, 3.8) is 0 Å². The summed E-state index contributed by atoms with van der Waals surface area (Å²) >= 11 is 1.59. The third-order valence-corrected chi connectivity index (χ3v) is 7.46. The third-order valence-electron chi connectivity index (χ3n) is 6.42. The van der Waals surface area contributed by atoms with E-state index in [0.717, 1.165) is 61.0 Å². The number of aryl methyl sites for hydroxylation is 1. The Hall–Kier alpha value is -2.77. The van der Waals surface area contributed by atoms with Crippen LogP contribution in [0.4, 0.5) is 5.13 Å². The second-order valence-electron chi connectivity index (χ2n) is 9.09. The second kappa shape index (κ2) is 12.5. The number of amides is 1. The molecule has 188 valence electrons. The highest BCUT2D eigenvalue weighted by molar-refractivity contribution is 7.22. The lowest BCUT2D eigenvalue weighted by atomic mass is 10.0. The van der Waals surface area contributed by atoms with Crippen LogP contribution in [-0.4, -0.2) is 55.2 Å². The van der Waals surface area contributed by atoms with Crippen LogP contribution in [0.2, 0.25) is 0 Å². The number of carbonyl (C=O) groups excluding carboxylic acids is 1. The monoisotopic (exact) mass is 521 g/mol. The van der Waals surface area contributed by atoms with Gasteiger partial charge in [0.2, 0.25) is 0 Å². The summed E-state index contributed by atoms with van der Waals surface area (Å²) in [6, 6.07) is 24.7. The van der Waals surface area contributed by atoms with Crippen LogP contribution in [0.5, 0.6) is 0 Å². The van der Waals surface area contributed by atoms with E-state index in [1.165, 1.54) is 16.7 Å². The number of rotatable bonds is 8. The molecule has 1 aliphatic rings. The first-order chi connectivity index (χ1) is 17.2. The van der Waals surface area contributed by atoms with Crippen LogP contribution in [0.15, 0.2) is 72.8 Å². The average Bonchev–Trinajstić information content (AvgIpc) is 3.31. The van der Waals surface area contributed by atoms with Crippen LogP contribution >= 0.6 is 23.7 Å². The number of morpholine rings is 1. The van der Waals surface area contributed by atoms with Gasteiger partial charge in [-0.3, -0.25) is 14.6 Å². The minimum atomic E-state index is 0. The van der Waals surface area contributed by atoms with Crippen LogP contribution in [0.1, 0.15) is 33.5 Å². The van der Waals surface area contributed by atoms with Crippen LogP contribution in [0, 0.1) is 6.92 Å². The number of hydrogen-bond donors (Lipinski definition) is 0. The molecule has 0 atom stereocenters. The van der Waals surface area contributed by atoms with Crippen molar-refractivity contribution in [2.45, 2.75) is 19.8 Å². The van der Waals surface area contributed by atoms with Gasteiger partial charge in [-0.25, -0.2) is 4.98 Å². The molecule has 0 unspecified atom stereocenters. The number of anilines is 1. The van der Waals surface area contributed by atoms with Crippen LogP contribution in [0.3, 0.4) is 0 Å². The Balaban J connectivity index is 0.00000304. The van der Waals surface area contributed by atoms with E-state index < -0.39 is 0 Å². The maximum absolute atomic E-state index is 13.7. The van der Waals surface area contributed by atoms with E-state index in [4.69, 9.17) is 9.72 Å². The molecule has 5 rings (SSSR count). The van der Waals surface area contributed by atoms with E-state index in [0.29, 0.717) is 12.1 Å². The molecule has 7 heteroatoms. The molecule has 3 aromatic carbocycles. The van der Waals surface area contributed by atoms with Crippen molar-refractivity contribution in [2.75, 3.05) is 44.3 Å². The Morgan fingerprint density at radius 1 is 1.00 bits per heavy atom. The maximum Gasteiger partial charge on any atom is 0.260 e. The molecule has 1 fully saturated rings. The number of ether oxygens (including phenoxy) is 1. The first kappa shape index (κ1) is 26.3. The zero-order chi connectivity index (χ0) is 24.0. The molecule has 0 radical (unpaired) electrons. The summed E-state index contributed by atoms with van der Waals surface area (Å²) < 4.78 is 6.58. The van der Waals surface area contributed by atoms with Gasteiger partial charge in [0.05, 0.1) is 23.4 Å². The number of halogens is 1. The summed E-state index contributed by atoms with van der Waals surface area (Å²) in [7, 11) is 0. The van der Waals surface area contributed by atoms with Crippen LogP contribution in [-0.2, 0) is 11.2 Å². The zero-order valence-electron chi connectivity index (χ0n) is 20.6. The Kier molecular flexibility index (Phi) is 9.10. The molecule has 0 bridgehead atoms. The summed E-state index contributed by atoms with van der Waals surface area (Å²) in [5, 5.41) is 0.769. The first-order valence-electron chi connectivity index (χ1n) is 12.3. The molecule has 0 aliphatic carbocycles. The van der Waals surface area contributed by atoms with Gasteiger partial charge < -0.3 is 4.74 Å². The van der Waals surface area contributed by atoms with Crippen molar-refractivity contribution in [2.24, 2.45) is 0 Å². The number of benzene rings is 3. The Bertz CT molecular complexity index is 1270. The number of fused-ring (bicyclic) bond motifs is 1. The molecular weight excluding hydrogens is 490 g/mol. The minimum absolute atomic E-state index is 0. The summed E-state index contributed by atoms with van der Waals surface area (Å²) in [5.74, 6) is 0.00835. The van der Waals surface area contributed by atoms with Crippen molar-refractivity contribution in [1.82, 2.24) is 9.88 Å². The molecule has 1 saturated heterocycles. The third kappa shape index (κ3) is 6.51. The highest BCUT2D eigenvalue weighted by Crippen LogP contribution is 2.30. The normalized spacial score (nSPS) is 13.9. The second-order valence-corrected chi connectivity index (χ2v) is 10.1. The van der Waals surface area contributed by atoms with Gasteiger partial charge in [0, 0.05) is 31.7 Å². The molecule has 4 aromatic rings. The largest absolute Gasteiger partial charge is 0.379 e. The standard InChI is InChI=1S/C29H31N3O2S.ClH/c1-22-8-13-26-27(20-22)35-29(30-26)32(15-5-14-31-16-18-34-19-17-31)28(33)25-11-9-24(10-12-25)21-23-6-3-2-4-7-23;/h2-4,6-13,20H,5,14-19,21H2,1H3;1H. The van der Waals surface area contributed by atoms with Gasteiger partial charge in [0.1, 0.15) is 0 Å². The Morgan fingerprint density at radius 3 is 2.47 bits per heavy atom. The highest BCUT2D eigenvalue weighted by Gasteiger charge is 2.22. The zero-order valence-corrected chi connectivity index (χ0v) is 22.2. The molecule has 36 heavy (non-hydrogen) atoms. The fraction of sp³-hybridized carbons (Fsp3) is 0.310. The predicted molar refractivity (Wildman–Crippen MR) is 151 cm³/mol. The molecule has 0 N–H and O–H groups in total. The van der Waals surface area contributed by atoms with E-state index >= 15 is 0 Å². The minimum Gasteiger partial charge on any atom is -0.379 e. The molecule has 1 amide bonds. The number of aromatic nitrogens is 1. The lowest BCUT2D eigenvalue weighted by Gasteiger charge is -2.27. The maximum atomic E-state index is 13.7. The van der Waals surface area contributed by atoms with Gasteiger partial charge in [-0.2, -0.15) is 0 Å². The van der Waals surface area contributed by atoms with Crippen molar-refractivity contribution >= 4 is 45.0 Å². The van der Waals surface area contributed by atoms with Gasteiger partial charge in [-0.1, -0.05) is 59.9 Å². The lowest BCUT2D eigenvalue weighted by Crippen LogP contribution is -2.39. The smallest absolute Gasteiger partial charge is 0.260 e. The Morgan fingerprint density at radius 2 is 1.72 bits per heavy atom. The quantitative estimate of drug-likeness (QED) is 0.286. The van der Waals surface area contributed by atoms with Gasteiger partial charge in [-0.15, -0.1) is 12.4 Å². The molecule has 0 spiro atoms. The van der Waals surface area contributed by atoms with E-state index in [9.17, 15) is 4.79 Å². The van der Waals surface area contributed by atoms with Crippen LogP contribution in [0.25, 0.3) is 10.2 Å². The first-order valence-corrected chi connectivity index (χ1v) is 13.1. The van der Waals surface area contributed by atoms with Gasteiger partial charge in [-0.05, 0) is 60.7 Å². The van der Waals surface area contributed by atoms with E-state index in [-0.39, 0.29) is 18.3 Å². The van der Waals surface area contributed by atoms with E-state index in [1.54, 1.807) is 11.3 Å². The lowest BCUT2D eigenvalue weighted by molar-refractivity contribution is 0.0376. The van der Waals surface area contributed by atoms with E-state index in [1.807, 2.05) is 29.2 Å². The predicted octanol–water partition coefficient (Wildman–Crippen LogP) is 5.99. The fourth-order valence-corrected chi connectivity index (χ4v) is 5.54.